The van der Waals surface area contributed by atoms with Crippen molar-refractivity contribution in [3.8, 4) is 23.3 Å². The van der Waals surface area contributed by atoms with E-state index in [0.717, 1.165) is 16.5 Å². The fraction of sp³-hybridized carbons (Fsp3) is 0.208. The summed E-state index contributed by atoms with van der Waals surface area (Å²) in [5.41, 5.74) is 8.69. The number of fused-ring (bicyclic) bond motifs is 3. The van der Waals surface area contributed by atoms with E-state index in [0.29, 0.717) is 50.3 Å². The molecule has 0 spiro atoms. The second kappa shape index (κ2) is 9.75. The van der Waals surface area contributed by atoms with E-state index in [1.807, 2.05) is 43.3 Å². The number of rotatable bonds is 5. The van der Waals surface area contributed by atoms with Gasteiger partial charge in [-0.25, -0.2) is 4.98 Å². The molecular weight excluding hydrogens is 518 g/mol. The zero-order chi connectivity index (χ0) is 24.4. The highest BCUT2D eigenvalue weighted by Crippen LogP contribution is 2.48. The highest BCUT2D eigenvalue weighted by molar-refractivity contribution is 9.10. The van der Waals surface area contributed by atoms with Crippen LogP contribution in [0.15, 0.2) is 52.3 Å². The van der Waals surface area contributed by atoms with Crippen molar-refractivity contribution in [3.05, 3.63) is 63.5 Å². The number of pyridine rings is 1. The zero-order valence-electron chi connectivity index (χ0n) is 18.7. The van der Waals surface area contributed by atoms with Gasteiger partial charge in [-0.1, -0.05) is 12.1 Å². The molecule has 0 saturated heterocycles. The monoisotopic (exact) mass is 539 g/mol. The number of nitrogens with one attached hydrogen (secondary N) is 2. The third-order valence-corrected chi connectivity index (χ3v) is 6.25. The highest BCUT2D eigenvalue weighted by atomic mass is 79.9. The molecule has 0 bridgehead atoms. The molecule has 3 aromatic rings. The summed E-state index contributed by atoms with van der Waals surface area (Å²) in [6.45, 7) is 2.65. The van der Waals surface area contributed by atoms with E-state index < -0.39 is 5.92 Å². The van der Waals surface area contributed by atoms with E-state index in [2.05, 4.69) is 32.6 Å². The van der Waals surface area contributed by atoms with Crippen molar-refractivity contribution in [2.45, 2.75) is 12.8 Å². The Hall–Kier alpha value is -3.55. The first-order valence-corrected chi connectivity index (χ1v) is 11.6. The van der Waals surface area contributed by atoms with Crippen LogP contribution in [0.4, 0.5) is 5.82 Å². The minimum Gasteiger partial charge on any atom is -0.493 e. The van der Waals surface area contributed by atoms with Crippen molar-refractivity contribution in [2.75, 3.05) is 26.1 Å². The van der Waals surface area contributed by atoms with E-state index >= 15 is 0 Å². The number of thiocarbonyl (C=S) groups is 1. The largest absolute Gasteiger partial charge is 0.493 e. The number of halogens is 1. The van der Waals surface area contributed by atoms with Crippen LogP contribution in [0.2, 0.25) is 0 Å². The molecule has 1 aliphatic heterocycles. The number of methoxy groups -OCH3 is 2. The number of ether oxygens (including phenoxy) is 3. The van der Waals surface area contributed by atoms with Crippen molar-refractivity contribution in [1.29, 1.82) is 5.26 Å². The zero-order valence-corrected chi connectivity index (χ0v) is 21.1. The summed E-state index contributed by atoms with van der Waals surface area (Å²) in [4.78, 5) is 4.72. The van der Waals surface area contributed by atoms with Crippen molar-refractivity contribution < 1.29 is 14.2 Å². The predicted octanol–water partition coefficient (Wildman–Crippen LogP) is 4.54. The van der Waals surface area contributed by atoms with E-state index in [9.17, 15) is 5.26 Å². The maximum Gasteiger partial charge on any atom is 0.205 e. The molecule has 4 rings (SSSR count). The second-order valence-corrected chi connectivity index (χ2v) is 8.66. The van der Waals surface area contributed by atoms with Gasteiger partial charge in [-0.15, -0.1) is 0 Å². The van der Waals surface area contributed by atoms with Gasteiger partial charge in [0.15, 0.2) is 22.4 Å². The molecular formula is C24H22BrN5O3S. The molecule has 0 amide bonds. The van der Waals surface area contributed by atoms with Gasteiger partial charge in [0.25, 0.3) is 0 Å². The Labute approximate surface area is 210 Å². The lowest BCUT2D eigenvalue weighted by molar-refractivity contribution is 0.352. The van der Waals surface area contributed by atoms with Crippen LogP contribution in [-0.4, -0.2) is 30.9 Å². The number of anilines is 1. The lowest BCUT2D eigenvalue weighted by Crippen LogP contribution is -2.28. The Morgan fingerprint density at radius 3 is 2.71 bits per heavy atom. The number of nitrogens with zero attached hydrogens (tertiary/aromatic N) is 2. The van der Waals surface area contributed by atoms with Crippen LogP contribution in [0.5, 0.6) is 17.2 Å². The summed E-state index contributed by atoms with van der Waals surface area (Å²) in [6, 6.07) is 13.6. The molecule has 10 heteroatoms. The Morgan fingerprint density at radius 2 is 2.03 bits per heavy atom. The number of hydrogen-bond donors (Lipinski definition) is 3. The molecule has 4 N–H and O–H groups in total. The van der Waals surface area contributed by atoms with Gasteiger partial charge in [0, 0.05) is 17.5 Å². The van der Waals surface area contributed by atoms with Gasteiger partial charge >= 0.3 is 0 Å². The summed E-state index contributed by atoms with van der Waals surface area (Å²) in [7, 11) is 3.13. The molecule has 1 aromatic heterocycles. The third kappa shape index (κ3) is 4.20. The number of allylic oxidation sites excluding steroid dienone is 1. The number of nitriles is 1. The Kier molecular flexibility index (Phi) is 6.77. The first-order chi connectivity index (χ1) is 16.4. The highest BCUT2D eigenvalue weighted by Gasteiger charge is 2.33. The van der Waals surface area contributed by atoms with Gasteiger partial charge in [-0.05, 0) is 64.9 Å². The maximum atomic E-state index is 9.94. The van der Waals surface area contributed by atoms with E-state index in [4.69, 9.17) is 37.1 Å². The van der Waals surface area contributed by atoms with Crippen LogP contribution < -0.4 is 30.6 Å². The fourth-order valence-electron chi connectivity index (χ4n) is 3.94. The van der Waals surface area contributed by atoms with Gasteiger partial charge in [0.2, 0.25) is 5.88 Å². The molecule has 1 atom stereocenters. The molecule has 34 heavy (non-hydrogen) atoms. The number of aromatic nitrogens is 1. The third-order valence-electron chi connectivity index (χ3n) is 5.41. The molecule has 0 aliphatic carbocycles. The first-order valence-electron chi connectivity index (χ1n) is 10.4. The molecule has 0 saturated carbocycles. The van der Waals surface area contributed by atoms with Gasteiger partial charge in [-0.3, -0.25) is 0 Å². The van der Waals surface area contributed by atoms with E-state index in [1.165, 1.54) is 0 Å². The standard InChI is InChI=1S/C24H22BrN5O3S/c1-4-28-24(34)30-18-8-6-12-5-7-14-19(13-9-16(25)22(32-3)17(10-13)31-2)15(11-26)23(27)33-21(14)20(12)29-18/h5-10,19H,4,27H2,1-3H3,(H2,28,29,30,34). The number of hydrogen-bond acceptors (Lipinski definition) is 7. The summed E-state index contributed by atoms with van der Waals surface area (Å²) < 4.78 is 17.6. The van der Waals surface area contributed by atoms with Gasteiger partial charge < -0.3 is 30.6 Å². The average molecular weight is 540 g/mol. The minimum absolute atomic E-state index is 0.0294. The summed E-state index contributed by atoms with van der Waals surface area (Å²) in [6.07, 6.45) is 0. The Balaban J connectivity index is 1.90. The summed E-state index contributed by atoms with van der Waals surface area (Å²) >= 11 is 8.83. The SMILES string of the molecule is CCNC(=S)Nc1ccc2ccc3c(c2n1)OC(N)=C(C#N)C3c1cc(Br)c(OC)c(OC)c1. The van der Waals surface area contributed by atoms with Crippen molar-refractivity contribution in [2.24, 2.45) is 5.73 Å². The minimum atomic E-state index is -0.490. The normalized spacial score (nSPS) is 14.6. The van der Waals surface area contributed by atoms with Crippen LogP contribution in [0.3, 0.4) is 0 Å². The first kappa shape index (κ1) is 23.6. The van der Waals surface area contributed by atoms with Gasteiger partial charge in [-0.2, -0.15) is 5.26 Å². The quantitative estimate of drug-likeness (QED) is 0.402. The summed E-state index contributed by atoms with van der Waals surface area (Å²) in [5.74, 6) is 1.68. The molecule has 1 aliphatic rings. The fourth-order valence-corrected chi connectivity index (χ4v) is 4.81. The van der Waals surface area contributed by atoms with Gasteiger partial charge in [0.05, 0.1) is 24.6 Å². The average Bonchev–Trinajstić information content (AvgIpc) is 2.82. The predicted molar refractivity (Wildman–Crippen MR) is 138 cm³/mol. The molecule has 174 valence electrons. The number of benzene rings is 2. The molecule has 2 aromatic carbocycles. The Morgan fingerprint density at radius 1 is 1.26 bits per heavy atom. The van der Waals surface area contributed by atoms with Crippen molar-refractivity contribution >= 4 is 50.0 Å². The molecule has 1 unspecified atom stereocenters. The summed E-state index contributed by atoms with van der Waals surface area (Å²) in [5, 5.41) is 17.4. The molecule has 0 fully saturated rings. The lowest BCUT2D eigenvalue weighted by Gasteiger charge is -2.28. The van der Waals surface area contributed by atoms with E-state index in [-0.39, 0.29) is 5.88 Å². The van der Waals surface area contributed by atoms with Gasteiger partial charge in [0.1, 0.15) is 23.0 Å². The van der Waals surface area contributed by atoms with Crippen LogP contribution >= 0.6 is 28.1 Å². The second-order valence-electron chi connectivity index (χ2n) is 7.40. The molecule has 8 nitrogen and oxygen atoms in total. The maximum absolute atomic E-state index is 9.94. The Bertz CT molecular complexity index is 1370. The van der Waals surface area contributed by atoms with E-state index in [1.54, 1.807) is 14.2 Å². The van der Waals surface area contributed by atoms with Crippen molar-refractivity contribution in [1.82, 2.24) is 10.3 Å². The molecule has 2 heterocycles. The van der Waals surface area contributed by atoms with Crippen LogP contribution in [0.1, 0.15) is 24.0 Å². The molecule has 0 radical (unpaired) electrons. The van der Waals surface area contributed by atoms with Crippen LogP contribution in [0.25, 0.3) is 10.9 Å². The van der Waals surface area contributed by atoms with Crippen LogP contribution in [0, 0.1) is 11.3 Å². The van der Waals surface area contributed by atoms with Crippen molar-refractivity contribution in [3.63, 3.8) is 0 Å². The topological polar surface area (TPSA) is 114 Å². The number of nitrogens with two attached hydrogens (primary N) is 1. The van der Waals surface area contributed by atoms with Crippen LogP contribution in [-0.2, 0) is 0 Å². The lowest BCUT2D eigenvalue weighted by atomic mass is 9.83. The smallest absolute Gasteiger partial charge is 0.205 e.